The first-order chi connectivity index (χ1) is 13.0. The van der Waals surface area contributed by atoms with Gasteiger partial charge in [-0.15, -0.1) is 0 Å². The lowest BCUT2D eigenvalue weighted by molar-refractivity contribution is -0.121. The molecule has 1 aromatic heterocycles. The molecule has 3 aromatic rings. The number of carbonyl (C=O) groups is 1. The quantitative estimate of drug-likeness (QED) is 0.597. The van der Waals surface area contributed by atoms with Gasteiger partial charge in [-0.2, -0.15) is 0 Å². The average molecular weight is 363 g/mol. The van der Waals surface area contributed by atoms with Gasteiger partial charge in [0.2, 0.25) is 5.91 Å². The van der Waals surface area contributed by atoms with Gasteiger partial charge in [-0.25, -0.2) is 0 Å². The number of fused-ring (bicyclic) bond motifs is 1. The van der Waals surface area contributed by atoms with Gasteiger partial charge >= 0.3 is 0 Å². The summed E-state index contributed by atoms with van der Waals surface area (Å²) in [5.41, 5.74) is 3.83. The van der Waals surface area contributed by atoms with Gasteiger partial charge < -0.3 is 9.88 Å². The largest absolute Gasteiger partial charge is 0.356 e. The zero-order valence-corrected chi connectivity index (χ0v) is 16.6. The lowest BCUT2D eigenvalue weighted by Gasteiger charge is -2.17. The second-order valence-corrected chi connectivity index (χ2v) is 7.84. The summed E-state index contributed by atoms with van der Waals surface area (Å²) >= 11 is 0. The first-order valence-electron chi connectivity index (χ1n) is 9.89. The molecule has 0 aliphatic heterocycles. The summed E-state index contributed by atoms with van der Waals surface area (Å²) in [7, 11) is 2.08. The van der Waals surface area contributed by atoms with E-state index in [0.717, 1.165) is 19.4 Å². The highest BCUT2D eigenvalue weighted by molar-refractivity contribution is 5.85. The van der Waals surface area contributed by atoms with Crippen LogP contribution in [0.4, 0.5) is 0 Å². The van der Waals surface area contributed by atoms with Crippen LogP contribution in [0.1, 0.15) is 43.7 Å². The lowest BCUT2D eigenvalue weighted by atomic mass is 9.89. The Kier molecular flexibility index (Phi) is 6.33. The SMILES string of the molecule is CC(C)CNC(=O)C[C@@H](CCc1ccccc1)c1cn(C)c2ccccc12. The van der Waals surface area contributed by atoms with Crippen molar-refractivity contribution in [2.24, 2.45) is 13.0 Å². The number of hydrogen-bond donors (Lipinski definition) is 1. The Labute approximate surface area is 162 Å². The van der Waals surface area contributed by atoms with Crippen LogP contribution in [0.15, 0.2) is 60.8 Å². The summed E-state index contributed by atoms with van der Waals surface area (Å²) in [6.07, 6.45) is 4.68. The summed E-state index contributed by atoms with van der Waals surface area (Å²) in [5.74, 6) is 0.826. The fraction of sp³-hybridized carbons (Fsp3) is 0.375. The predicted molar refractivity (Wildman–Crippen MR) is 113 cm³/mol. The van der Waals surface area contributed by atoms with Crippen LogP contribution in [0.3, 0.4) is 0 Å². The molecule has 142 valence electrons. The van der Waals surface area contributed by atoms with Gasteiger partial charge in [0.25, 0.3) is 0 Å². The minimum Gasteiger partial charge on any atom is -0.356 e. The molecule has 0 spiro atoms. The third-order valence-electron chi connectivity index (χ3n) is 5.13. The number of para-hydroxylation sites is 1. The van der Waals surface area contributed by atoms with Gasteiger partial charge in [0.1, 0.15) is 0 Å². The first kappa shape index (κ1) is 19.2. The molecule has 0 saturated heterocycles. The molecule has 0 radical (unpaired) electrons. The maximum atomic E-state index is 12.6. The van der Waals surface area contributed by atoms with Crippen LogP contribution >= 0.6 is 0 Å². The van der Waals surface area contributed by atoms with Crippen LogP contribution in [-0.4, -0.2) is 17.0 Å². The van der Waals surface area contributed by atoms with E-state index in [1.54, 1.807) is 0 Å². The molecular formula is C24H30N2O. The van der Waals surface area contributed by atoms with Crippen LogP contribution < -0.4 is 5.32 Å². The normalized spacial score (nSPS) is 12.4. The Morgan fingerprint density at radius 3 is 2.48 bits per heavy atom. The molecular weight excluding hydrogens is 332 g/mol. The Bertz CT molecular complexity index is 880. The van der Waals surface area contributed by atoms with Crippen molar-refractivity contribution in [2.45, 2.75) is 39.0 Å². The number of benzene rings is 2. The molecule has 0 bridgehead atoms. The molecule has 0 saturated carbocycles. The van der Waals surface area contributed by atoms with E-state index in [0.29, 0.717) is 12.3 Å². The molecule has 0 fully saturated rings. The van der Waals surface area contributed by atoms with E-state index in [9.17, 15) is 4.79 Å². The molecule has 1 N–H and O–H groups in total. The number of aryl methyl sites for hydroxylation is 2. The Hall–Kier alpha value is -2.55. The van der Waals surface area contributed by atoms with Crippen molar-refractivity contribution in [3.63, 3.8) is 0 Å². The van der Waals surface area contributed by atoms with Gasteiger partial charge in [-0.3, -0.25) is 4.79 Å². The Morgan fingerprint density at radius 1 is 1.04 bits per heavy atom. The number of carbonyl (C=O) groups excluding carboxylic acids is 1. The van der Waals surface area contributed by atoms with Gasteiger partial charge in [0.15, 0.2) is 0 Å². The van der Waals surface area contributed by atoms with Crippen molar-refractivity contribution >= 4 is 16.8 Å². The summed E-state index contributed by atoms with van der Waals surface area (Å²) in [6.45, 7) is 4.98. The molecule has 1 atom stereocenters. The highest BCUT2D eigenvalue weighted by Gasteiger charge is 2.20. The fourth-order valence-corrected chi connectivity index (χ4v) is 3.67. The number of rotatable bonds is 8. The molecule has 0 aliphatic carbocycles. The number of hydrogen-bond acceptors (Lipinski definition) is 1. The smallest absolute Gasteiger partial charge is 0.220 e. The van der Waals surface area contributed by atoms with E-state index >= 15 is 0 Å². The summed E-state index contributed by atoms with van der Waals surface area (Å²) in [5, 5.41) is 4.35. The lowest BCUT2D eigenvalue weighted by Crippen LogP contribution is -2.28. The summed E-state index contributed by atoms with van der Waals surface area (Å²) < 4.78 is 2.17. The minimum absolute atomic E-state index is 0.148. The third-order valence-corrected chi connectivity index (χ3v) is 5.13. The van der Waals surface area contributed by atoms with Crippen molar-refractivity contribution < 1.29 is 4.79 Å². The van der Waals surface area contributed by atoms with Crippen molar-refractivity contribution in [3.8, 4) is 0 Å². The third kappa shape index (κ3) is 5.00. The molecule has 1 amide bonds. The fourth-order valence-electron chi connectivity index (χ4n) is 3.67. The number of nitrogens with zero attached hydrogens (tertiary/aromatic N) is 1. The van der Waals surface area contributed by atoms with Crippen LogP contribution in [0.25, 0.3) is 10.9 Å². The van der Waals surface area contributed by atoms with Gasteiger partial charge in [0.05, 0.1) is 0 Å². The van der Waals surface area contributed by atoms with Crippen molar-refractivity contribution in [1.29, 1.82) is 0 Å². The van der Waals surface area contributed by atoms with Gasteiger partial charge in [0, 0.05) is 37.1 Å². The molecule has 0 aliphatic rings. The Balaban J connectivity index is 1.83. The second-order valence-electron chi connectivity index (χ2n) is 7.84. The summed E-state index contributed by atoms with van der Waals surface area (Å²) in [6, 6.07) is 19.0. The molecule has 0 unspecified atom stereocenters. The molecule has 3 rings (SSSR count). The average Bonchev–Trinajstić information content (AvgIpc) is 3.01. The van der Waals surface area contributed by atoms with Crippen molar-refractivity contribution in [3.05, 3.63) is 71.9 Å². The standard InChI is InChI=1S/C24H30N2O/c1-18(2)16-25-24(27)15-20(14-13-19-9-5-4-6-10-19)22-17-26(3)23-12-8-7-11-21(22)23/h4-12,17-18,20H,13-16H2,1-3H3,(H,25,27)/t20-/m1/s1. The predicted octanol–water partition coefficient (Wildman–Crippen LogP) is 5.06. The first-order valence-corrected chi connectivity index (χ1v) is 9.89. The van der Waals surface area contributed by atoms with E-state index in [1.165, 1.54) is 22.0 Å². The molecule has 1 heterocycles. The number of aromatic nitrogens is 1. The van der Waals surface area contributed by atoms with Crippen molar-refractivity contribution in [1.82, 2.24) is 9.88 Å². The van der Waals surface area contributed by atoms with Crippen LogP contribution in [0.2, 0.25) is 0 Å². The van der Waals surface area contributed by atoms with E-state index in [-0.39, 0.29) is 11.8 Å². The van der Waals surface area contributed by atoms with E-state index < -0.39 is 0 Å². The maximum Gasteiger partial charge on any atom is 0.220 e. The topological polar surface area (TPSA) is 34.0 Å². The van der Waals surface area contributed by atoms with E-state index in [2.05, 4.69) is 85.5 Å². The van der Waals surface area contributed by atoms with Gasteiger partial charge in [-0.05, 0) is 41.9 Å². The van der Waals surface area contributed by atoms with Crippen LogP contribution in [0, 0.1) is 5.92 Å². The monoisotopic (exact) mass is 362 g/mol. The molecule has 3 heteroatoms. The Morgan fingerprint density at radius 2 is 1.74 bits per heavy atom. The zero-order chi connectivity index (χ0) is 19.2. The highest BCUT2D eigenvalue weighted by Crippen LogP contribution is 2.32. The van der Waals surface area contributed by atoms with Crippen LogP contribution in [-0.2, 0) is 18.3 Å². The maximum absolute atomic E-state index is 12.6. The zero-order valence-electron chi connectivity index (χ0n) is 16.6. The van der Waals surface area contributed by atoms with Crippen LogP contribution in [0.5, 0.6) is 0 Å². The van der Waals surface area contributed by atoms with E-state index in [4.69, 9.17) is 0 Å². The second kappa shape index (κ2) is 8.90. The van der Waals surface area contributed by atoms with Gasteiger partial charge in [-0.1, -0.05) is 62.4 Å². The van der Waals surface area contributed by atoms with E-state index in [1.807, 2.05) is 6.07 Å². The minimum atomic E-state index is 0.148. The molecule has 2 aromatic carbocycles. The molecule has 3 nitrogen and oxygen atoms in total. The number of nitrogens with one attached hydrogen (secondary N) is 1. The van der Waals surface area contributed by atoms with Crippen molar-refractivity contribution in [2.75, 3.05) is 6.54 Å². The highest BCUT2D eigenvalue weighted by atomic mass is 16.1. The summed E-state index contributed by atoms with van der Waals surface area (Å²) in [4.78, 5) is 12.6. The number of amides is 1. The molecule has 27 heavy (non-hydrogen) atoms.